The maximum atomic E-state index is 12.1. The number of hydrogen-bond acceptors (Lipinski definition) is 5. The van der Waals surface area contributed by atoms with Gasteiger partial charge in [-0.25, -0.2) is 0 Å². The van der Waals surface area contributed by atoms with Crippen LogP contribution in [0.1, 0.15) is 34.1 Å². The van der Waals surface area contributed by atoms with E-state index in [0.717, 1.165) is 0 Å². The van der Waals surface area contributed by atoms with Crippen LogP contribution in [0.25, 0.3) is 0 Å². The Labute approximate surface area is 103 Å². The van der Waals surface area contributed by atoms with E-state index in [1.807, 2.05) is 6.92 Å². The van der Waals surface area contributed by atoms with E-state index in [0.29, 0.717) is 6.42 Å². The molecule has 2 unspecified atom stereocenters. The van der Waals surface area contributed by atoms with Crippen molar-refractivity contribution in [2.75, 3.05) is 13.2 Å². The second kappa shape index (κ2) is 7.57. The van der Waals surface area contributed by atoms with Crippen molar-refractivity contribution in [1.29, 1.82) is 0 Å². The average molecular weight is 286 g/mol. The molecule has 0 aromatic heterocycles. The van der Waals surface area contributed by atoms with Crippen LogP contribution < -0.4 is 0 Å². The summed E-state index contributed by atoms with van der Waals surface area (Å²) in [6, 6.07) is 0. The highest BCUT2D eigenvalue weighted by Gasteiger charge is 2.54. The first-order valence-electron chi connectivity index (χ1n) is 5.52. The van der Waals surface area contributed by atoms with Crippen LogP contribution in [-0.4, -0.2) is 29.5 Å². The van der Waals surface area contributed by atoms with Crippen molar-refractivity contribution >= 4 is 16.1 Å². The van der Waals surface area contributed by atoms with Crippen LogP contribution in [0.3, 0.4) is 0 Å². The van der Waals surface area contributed by atoms with Crippen molar-refractivity contribution < 1.29 is 28.0 Å². The van der Waals surface area contributed by atoms with Crippen molar-refractivity contribution in [3.63, 3.8) is 0 Å². The van der Waals surface area contributed by atoms with Crippen LogP contribution >= 0.6 is 16.1 Å². The van der Waals surface area contributed by atoms with Gasteiger partial charge in [0.05, 0.1) is 6.10 Å². The van der Waals surface area contributed by atoms with Gasteiger partial charge in [-0.3, -0.25) is 9.13 Å². The van der Waals surface area contributed by atoms with Crippen LogP contribution in [0.15, 0.2) is 0 Å². The predicted octanol–water partition coefficient (Wildman–Crippen LogP) is 2.96. The van der Waals surface area contributed by atoms with E-state index in [2.05, 4.69) is 0 Å². The smallest absolute Gasteiger partial charge is 0.331 e. The molecule has 8 heteroatoms. The lowest BCUT2D eigenvalue weighted by Gasteiger charge is -2.30. The van der Waals surface area contributed by atoms with Gasteiger partial charge < -0.3 is 18.9 Å². The molecule has 0 fully saturated rings. The maximum Gasteiger partial charge on any atom is 0.400 e. The van der Waals surface area contributed by atoms with E-state index >= 15 is 0 Å². The molecule has 0 radical (unpaired) electrons. The topological polar surface area (TPSA) is 82.1 Å². The first-order valence-corrected chi connectivity index (χ1v) is 7.91. The summed E-state index contributed by atoms with van der Waals surface area (Å²) >= 11 is 0. The average Bonchev–Trinajstić information content (AvgIpc) is 2.27. The molecule has 0 aromatic rings. The van der Waals surface area contributed by atoms with E-state index in [-0.39, 0.29) is 13.2 Å². The Bertz CT molecular complexity index is 277. The van der Waals surface area contributed by atoms with Crippen molar-refractivity contribution in [3.8, 4) is 0 Å². The van der Waals surface area contributed by atoms with Gasteiger partial charge in [0.2, 0.25) is 8.46 Å². The lowest BCUT2D eigenvalue weighted by atomic mass is 10.3. The maximum absolute atomic E-state index is 12.1. The molecular weight excluding hydrogens is 266 g/mol. The molecule has 0 bridgehead atoms. The van der Waals surface area contributed by atoms with E-state index in [4.69, 9.17) is 14.0 Å². The van der Waals surface area contributed by atoms with Gasteiger partial charge in [-0.05, 0) is 27.2 Å². The van der Waals surface area contributed by atoms with E-state index in [9.17, 15) is 14.0 Å². The number of hydrogen-bond donors (Lipinski definition) is 1. The van der Waals surface area contributed by atoms with Crippen LogP contribution in [0.2, 0.25) is 0 Å². The van der Waals surface area contributed by atoms with Gasteiger partial charge in [0.15, 0.2) is 0 Å². The summed E-state index contributed by atoms with van der Waals surface area (Å²) in [6.45, 7) is 6.85. The van der Waals surface area contributed by atoms with Crippen molar-refractivity contribution in [1.82, 2.24) is 0 Å². The summed E-state index contributed by atoms with van der Waals surface area (Å²) in [5, 5.41) is -2.13. The molecule has 0 saturated heterocycles. The molecule has 6 nitrogen and oxygen atoms in total. The molecule has 0 spiro atoms. The van der Waals surface area contributed by atoms with Gasteiger partial charge >= 0.3 is 12.9 Å². The highest BCUT2D eigenvalue weighted by molar-refractivity contribution is 7.63. The minimum atomic E-state index is -4.31. The van der Waals surface area contributed by atoms with Gasteiger partial charge in [-0.2, -0.15) is 0 Å². The zero-order valence-electron chi connectivity index (χ0n) is 10.6. The highest BCUT2D eigenvalue weighted by atomic mass is 31.2. The van der Waals surface area contributed by atoms with Gasteiger partial charge in [0.25, 0.3) is 0 Å². The molecule has 0 aliphatic carbocycles. The molecule has 102 valence electrons. The molecule has 0 heterocycles. The summed E-state index contributed by atoms with van der Waals surface area (Å²) < 4.78 is 38.3. The summed E-state index contributed by atoms with van der Waals surface area (Å²) in [5.74, 6) is 0. The third kappa shape index (κ3) is 4.40. The van der Waals surface area contributed by atoms with Gasteiger partial charge in [-0.1, -0.05) is 6.92 Å². The first kappa shape index (κ1) is 17.2. The molecule has 17 heavy (non-hydrogen) atoms. The zero-order chi connectivity index (χ0) is 13.5. The standard InChI is InChI=1S/C9H20O6P2/c1-5-8(4)15-17(11,12)9(16-10,13-6-2)14-7-3/h8H,5-7H2,1-4H3,(H,11,12). The number of rotatable bonds is 9. The fraction of sp³-hybridized carbons (Fsp3) is 1.00. The molecule has 0 amide bonds. The largest absolute Gasteiger partial charge is 0.400 e. The summed E-state index contributed by atoms with van der Waals surface area (Å²) in [5.41, 5.74) is 0. The van der Waals surface area contributed by atoms with E-state index in [1.165, 1.54) is 0 Å². The molecule has 2 atom stereocenters. The molecule has 0 aromatic carbocycles. The van der Waals surface area contributed by atoms with E-state index in [1.54, 1.807) is 20.8 Å². The Morgan fingerprint density at radius 3 is 2.06 bits per heavy atom. The van der Waals surface area contributed by atoms with Crippen LogP contribution in [0.5, 0.6) is 0 Å². The van der Waals surface area contributed by atoms with Crippen LogP contribution in [0.4, 0.5) is 0 Å². The second-order valence-corrected chi connectivity index (χ2v) is 6.31. The normalized spacial score (nSPS) is 17.9. The Hall–Kier alpha value is 0.170. The van der Waals surface area contributed by atoms with Crippen LogP contribution in [0, 0.1) is 0 Å². The van der Waals surface area contributed by atoms with Crippen LogP contribution in [-0.2, 0) is 23.1 Å². The summed E-state index contributed by atoms with van der Waals surface area (Å²) in [7, 11) is -5.04. The Balaban J connectivity index is 5.11. The molecular formula is C9H20O6P2. The minimum absolute atomic E-state index is 0.0870. The van der Waals surface area contributed by atoms with Crippen molar-refractivity contribution in [2.45, 2.75) is 45.5 Å². The Morgan fingerprint density at radius 1 is 1.29 bits per heavy atom. The van der Waals surface area contributed by atoms with Crippen molar-refractivity contribution in [3.05, 3.63) is 0 Å². The SMILES string of the molecule is CCOC(OCC)(P=O)P(=O)(O)OC(C)CC. The molecule has 0 aliphatic rings. The Kier molecular flexibility index (Phi) is 7.65. The lowest BCUT2D eigenvalue weighted by Crippen LogP contribution is -2.32. The third-order valence-corrected chi connectivity index (χ3v) is 5.15. The quantitative estimate of drug-likeness (QED) is 0.518. The zero-order valence-corrected chi connectivity index (χ0v) is 12.4. The molecule has 0 rings (SSSR count). The van der Waals surface area contributed by atoms with Crippen molar-refractivity contribution in [2.24, 2.45) is 0 Å². The van der Waals surface area contributed by atoms with Gasteiger partial charge in [-0.15, -0.1) is 0 Å². The highest BCUT2D eigenvalue weighted by Crippen LogP contribution is 2.62. The summed E-state index contributed by atoms with van der Waals surface area (Å²) in [6.07, 6.45) is 0.0992. The Morgan fingerprint density at radius 2 is 1.76 bits per heavy atom. The first-order chi connectivity index (χ1) is 7.89. The number of ether oxygens (including phenoxy) is 2. The van der Waals surface area contributed by atoms with Gasteiger partial charge in [0, 0.05) is 13.2 Å². The fourth-order valence-electron chi connectivity index (χ4n) is 1.07. The fourth-order valence-corrected chi connectivity index (χ4v) is 3.34. The monoisotopic (exact) mass is 286 g/mol. The molecule has 0 aliphatic heterocycles. The molecule has 0 saturated carbocycles. The third-order valence-electron chi connectivity index (χ3n) is 2.03. The van der Waals surface area contributed by atoms with Gasteiger partial charge in [0.1, 0.15) is 0 Å². The second-order valence-electron chi connectivity index (χ2n) is 3.35. The predicted molar refractivity (Wildman–Crippen MR) is 64.3 cm³/mol. The lowest BCUT2D eigenvalue weighted by molar-refractivity contribution is -0.128. The summed E-state index contributed by atoms with van der Waals surface area (Å²) in [4.78, 5) is 9.86. The van der Waals surface area contributed by atoms with E-state index < -0.39 is 27.4 Å². The molecule has 1 N–H and O–H groups in total. The minimum Gasteiger partial charge on any atom is -0.331 e.